The topological polar surface area (TPSA) is 15.3 Å². The summed E-state index contributed by atoms with van der Waals surface area (Å²) in [7, 11) is 0. The van der Waals surface area contributed by atoms with Crippen molar-refractivity contribution < 1.29 is 8.78 Å². The van der Waals surface area contributed by atoms with Crippen molar-refractivity contribution in [2.75, 3.05) is 10.2 Å². The van der Waals surface area contributed by atoms with Gasteiger partial charge in [0.05, 0.1) is 10.8 Å². The molecule has 2 nitrogen and oxygen atoms in total. The third-order valence-electron chi connectivity index (χ3n) is 22.1. The summed E-state index contributed by atoms with van der Waals surface area (Å²) >= 11 is 3.18. The van der Waals surface area contributed by atoms with Gasteiger partial charge in [0.1, 0.15) is 11.6 Å². The highest BCUT2D eigenvalue weighted by Crippen LogP contribution is 2.65. The molecule has 22 rings (SSSR count). The van der Waals surface area contributed by atoms with Crippen LogP contribution in [0.3, 0.4) is 0 Å². The summed E-state index contributed by atoms with van der Waals surface area (Å²) in [5, 5.41) is 18.9. The van der Waals surface area contributed by atoms with Crippen molar-refractivity contribution in [2.24, 2.45) is 0 Å². The zero-order valence-electron chi connectivity index (χ0n) is 55.7. The number of nitrogens with zero attached hydrogens (tertiary/aromatic N) is 1. The molecule has 0 atom stereocenters. The number of rotatable bonds is 5. The molecule has 0 amide bonds. The standard InChI is InChI=1S/C49H30FN.C43H27N.C6H4BrF.CH4/c50-31-21-23-32(24-22-31)51(33-25-27-39-37-13-2-1-11-35(37)36-12-3-4-14-38(36)44(39)29-33)34-26-28-43-42-17-7-10-20-47(42)49(48(43)30-34)45-18-8-5-15-40(45)41-16-6-9-19-46(41)49;1-2-13-31-29(11-1)30-12-3-4-14-32(30)38-25-27(21-23-33(31)38)44-28-22-24-37-36-17-7-10-20-41(36)43(42(37)26-28)39-18-8-5-15-34(39)35-16-6-9-19-40(35)43;7-5-1-3-6(8)4-2-5;/h1-30H;1-26,44H;1-4H;1H4. The average molecular weight is 1400 g/mol. The van der Waals surface area contributed by atoms with Gasteiger partial charge in [0.2, 0.25) is 0 Å². The van der Waals surface area contributed by atoms with Crippen LogP contribution >= 0.6 is 15.9 Å². The fourth-order valence-corrected chi connectivity index (χ4v) is 18.3. The summed E-state index contributed by atoms with van der Waals surface area (Å²) in [6, 6.07) is 129. The molecule has 0 aromatic heterocycles. The minimum atomic E-state index is -0.456. The first-order chi connectivity index (χ1) is 50.8. The molecular formula is C99H65BrF2N2. The van der Waals surface area contributed by atoms with Crippen molar-refractivity contribution >= 4 is 109 Å². The van der Waals surface area contributed by atoms with Crippen molar-refractivity contribution in [1.82, 2.24) is 0 Å². The van der Waals surface area contributed by atoms with Gasteiger partial charge in [-0.05, 0) is 251 Å². The first kappa shape index (κ1) is 62.5. The Morgan fingerprint density at radius 2 is 0.481 bits per heavy atom. The number of halogens is 3. The summed E-state index contributed by atoms with van der Waals surface area (Å²) in [4.78, 5) is 2.28. The molecule has 0 saturated carbocycles. The lowest BCUT2D eigenvalue weighted by molar-refractivity contribution is 0.627. The first-order valence-corrected chi connectivity index (χ1v) is 35.9. The molecule has 2 spiro atoms. The van der Waals surface area contributed by atoms with E-state index in [1.54, 1.807) is 24.3 Å². The fourth-order valence-electron chi connectivity index (χ4n) is 18.0. The van der Waals surface area contributed by atoms with Crippen LogP contribution in [0.25, 0.3) is 109 Å². The maximum atomic E-state index is 14.5. The van der Waals surface area contributed by atoms with E-state index < -0.39 is 5.41 Å². The largest absolute Gasteiger partial charge is 0.355 e. The van der Waals surface area contributed by atoms with Crippen molar-refractivity contribution in [3.05, 3.63) is 425 Å². The van der Waals surface area contributed by atoms with Crippen molar-refractivity contribution in [3.8, 4) is 44.5 Å². The Kier molecular flexibility index (Phi) is 14.8. The van der Waals surface area contributed by atoms with E-state index >= 15 is 0 Å². The molecule has 4 aliphatic rings. The van der Waals surface area contributed by atoms with Gasteiger partial charge < -0.3 is 10.2 Å². The number of nitrogens with one attached hydrogen (secondary N) is 1. The van der Waals surface area contributed by atoms with E-state index in [2.05, 4.69) is 342 Å². The Labute approximate surface area is 611 Å². The van der Waals surface area contributed by atoms with E-state index in [1.807, 2.05) is 12.1 Å². The molecule has 18 aromatic rings. The van der Waals surface area contributed by atoms with Crippen molar-refractivity contribution in [3.63, 3.8) is 0 Å². The van der Waals surface area contributed by atoms with Crippen molar-refractivity contribution in [1.29, 1.82) is 0 Å². The number of hydrogen-bond donors (Lipinski definition) is 1. The smallest absolute Gasteiger partial charge is 0.123 e. The van der Waals surface area contributed by atoms with Gasteiger partial charge in [-0.15, -0.1) is 0 Å². The zero-order chi connectivity index (χ0) is 68.5. The Morgan fingerprint density at radius 3 is 0.875 bits per heavy atom. The molecular weight excluding hydrogens is 1340 g/mol. The van der Waals surface area contributed by atoms with E-state index in [0.29, 0.717) is 0 Å². The quantitative estimate of drug-likeness (QED) is 0.173. The highest BCUT2D eigenvalue weighted by molar-refractivity contribution is 9.10. The third-order valence-corrected chi connectivity index (χ3v) is 22.7. The normalized spacial score (nSPS) is 13.0. The SMILES string of the molecule is C.Fc1ccc(Br)cc1.Fc1ccc(N(c2ccc3c(c2)C2(c4ccccc4-c4ccccc42)c2ccccc2-3)c2ccc3c4ccccc4c4ccccc4c3c2)cc1.c1ccc2c(c1)-c1ccccc1C21c2ccccc2-c2ccc(Nc3ccc4c5ccccc5c5ccccc5c4c3)cc21. The molecule has 0 bridgehead atoms. The second kappa shape index (κ2) is 24.6. The van der Waals surface area contributed by atoms with Crippen LogP contribution in [0.4, 0.5) is 37.2 Å². The van der Waals surface area contributed by atoms with Crippen LogP contribution in [-0.4, -0.2) is 0 Å². The van der Waals surface area contributed by atoms with Gasteiger partial charge in [0.15, 0.2) is 0 Å². The number of benzene rings is 18. The molecule has 4 aliphatic carbocycles. The first-order valence-electron chi connectivity index (χ1n) is 35.1. The van der Waals surface area contributed by atoms with Crippen LogP contribution in [-0.2, 0) is 10.8 Å². The monoisotopic (exact) mass is 1400 g/mol. The molecule has 0 radical (unpaired) electrons. The number of anilines is 5. The Hall–Kier alpha value is -12.5. The molecule has 0 aliphatic heterocycles. The van der Waals surface area contributed by atoms with Crippen LogP contribution in [0.2, 0.25) is 0 Å². The molecule has 1 N–H and O–H groups in total. The Morgan fingerprint density at radius 1 is 0.221 bits per heavy atom. The molecule has 0 unspecified atom stereocenters. The maximum Gasteiger partial charge on any atom is 0.123 e. The summed E-state index contributed by atoms with van der Waals surface area (Å²) < 4.78 is 27.4. The molecule has 0 saturated heterocycles. The molecule has 492 valence electrons. The Balaban J connectivity index is 0.000000129. The number of hydrogen-bond acceptors (Lipinski definition) is 2. The van der Waals surface area contributed by atoms with Crippen LogP contribution in [0, 0.1) is 11.6 Å². The van der Waals surface area contributed by atoms with Gasteiger partial charge in [0, 0.05) is 32.9 Å². The lowest BCUT2D eigenvalue weighted by Crippen LogP contribution is -2.26. The molecule has 0 fully saturated rings. The minimum Gasteiger partial charge on any atom is -0.355 e. The lowest BCUT2D eigenvalue weighted by Gasteiger charge is -2.32. The summed E-state index contributed by atoms with van der Waals surface area (Å²) in [6.45, 7) is 0. The third kappa shape index (κ3) is 9.36. The number of fused-ring (bicyclic) bond motifs is 32. The second-order valence-electron chi connectivity index (χ2n) is 27.3. The lowest BCUT2D eigenvalue weighted by atomic mass is 9.70. The van der Waals surface area contributed by atoms with Crippen LogP contribution < -0.4 is 10.2 Å². The van der Waals surface area contributed by atoms with Gasteiger partial charge in [-0.1, -0.05) is 290 Å². The highest BCUT2D eigenvalue weighted by atomic mass is 79.9. The summed E-state index contributed by atoms with van der Waals surface area (Å²) in [6.07, 6.45) is 0. The van der Waals surface area contributed by atoms with Crippen molar-refractivity contribution in [2.45, 2.75) is 18.3 Å². The highest BCUT2D eigenvalue weighted by Gasteiger charge is 2.53. The van der Waals surface area contributed by atoms with E-state index in [-0.39, 0.29) is 24.5 Å². The van der Waals surface area contributed by atoms with Crippen LogP contribution in [0.5, 0.6) is 0 Å². The van der Waals surface area contributed by atoms with Gasteiger partial charge in [-0.25, -0.2) is 8.78 Å². The molecule has 104 heavy (non-hydrogen) atoms. The molecule has 18 aromatic carbocycles. The van der Waals surface area contributed by atoms with Gasteiger partial charge in [0.25, 0.3) is 0 Å². The average Bonchev–Trinajstić information content (AvgIpc) is 1.51. The Bertz CT molecular complexity index is 6320. The maximum absolute atomic E-state index is 14.5. The van der Waals surface area contributed by atoms with E-state index in [0.717, 1.165) is 32.9 Å². The molecule has 5 heteroatoms. The fraction of sp³-hybridized carbons (Fsp3) is 0.0303. The predicted molar refractivity (Wildman–Crippen MR) is 436 cm³/mol. The summed E-state index contributed by atoms with van der Waals surface area (Å²) in [5.74, 6) is -0.453. The van der Waals surface area contributed by atoms with Gasteiger partial charge >= 0.3 is 0 Å². The van der Waals surface area contributed by atoms with Crippen LogP contribution in [0.1, 0.15) is 51.9 Å². The zero-order valence-corrected chi connectivity index (χ0v) is 57.3. The predicted octanol–water partition coefficient (Wildman–Crippen LogP) is 27.6. The summed E-state index contributed by atoms with van der Waals surface area (Å²) in [5.41, 5.74) is 25.4. The second-order valence-corrected chi connectivity index (χ2v) is 28.2. The van der Waals surface area contributed by atoms with Crippen LogP contribution in [0.15, 0.2) is 368 Å². The molecule has 0 heterocycles. The van der Waals surface area contributed by atoms with Gasteiger partial charge in [-0.3, -0.25) is 0 Å². The van der Waals surface area contributed by atoms with E-state index in [9.17, 15) is 8.78 Å². The van der Waals surface area contributed by atoms with E-state index in [4.69, 9.17) is 0 Å². The minimum absolute atomic E-state index is 0. The van der Waals surface area contributed by atoms with E-state index in [1.165, 1.54) is 166 Å². The van der Waals surface area contributed by atoms with Gasteiger partial charge in [-0.2, -0.15) is 0 Å².